The van der Waals surface area contributed by atoms with Crippen molar-refractivity contribution in [2.75, 3.05) is 14.2 Å². The van der Waals surface area contributed by atoms with Gasteiger partial charge < -0.3 is 24.4 Å². The van der Waals surface area contributed by atoms with E-state index in [0.29, 0.717) is 0 Å². The maximum absolute atomic E-state index is 11.7. The zero-order valence-corrected chi connectivity index (χ0v) is 10.3. The maximum atomic E-state index is 11.7. The number of methoxy groups -OCH3 is 2. The first-order valence-corrected chi connectivity index (χ1v) is 5.38. The van der Waals surface area contributed by atoms with Crippen LogP contribution in [0.5, 0.6) is 17.2 Å². The monoisotopic (exact) mass is 254 g/mol. The first kappa shape index (κ1) is 12.5. The summed E-state index contributed by atoms with van der Waals surface area (Å²) in [4.78, 5) is 11.7. The number of aromatic hydroxyl groups is 1. The first-order valence-electron chi connectivity index (χ1n) is 5.38. The number of esters is 1. The summed E-state index contributed by atoms with van der Waals surface area (Å²) in [6.07, 6.45) is -1.69. The van der Waals surface area contributed by atoms with E-state index >= 15 is 0 Å². The number of fused-ring (bicyclic) bond motifs is 1. The number of hydrogen-bond donors (Lipinski definition) is 2. The van der Waals surface area contributed by atoms with Gasteiger partial charge in [0.2, 0.25) is 5.75 Å². The van der Waals surface area contributed by atoms with Crippen LogP contribution in [0.15, 0.2) is 6.07 Å². The third-order valence-corrected chi connectivity index (χ3v) is 2.94. The Morgan fingerprint density at radius 3 is 2.56 bits per heavy atom. The van der Waals surface area contributed by atoms with E-state index in [1.54, 1.807) is 6.92 Å². The van der Waals surface area contributed by atoms with E-state index in [4.69, 9.17) is 14.2 Å². The molecule has 2 atom stereocenters. The Morgan fingerprint density at radius 2 is 2.00 bits per heavy atom. The number of rotatable bonds is 2. The van der Waals surface area contributed by atoms with Crippen LogP contribution in [0.4, 0.5) is 0 Å². The lowest BCUT2D eigenvalue weighted by Crippen LogP contribution is -2.30. The van der Waals surface area contributed by atoms with E-state index in [1.807, 2.05) is 0 Å². The van der Waals surface area contributed by atoms with Gasteiger partial charge in [-0.1, -0.05) is 0 Å². The van der Waals surface area contributed by atoms with Crippen LogP contribution in [0.3, 0.4) is 0 Å². The highest BCUT2D eigenvalue weighted by atomic mass is 16.6. The average molecular weight is 254 g/mol. The molecule has 1 aliphatic rings. The van der Waals surface area contributed by atoms with Gasteiger partial charge in [-0.3, -0.25) is 0 Å². The predicted octanol–water partition coefficient (Wildman–Crippen LogP) is 1.00. The zero-order valence-electron chi connectivity index (χ0n) is 10.3. The van der Waals surface area contributed by atoms with Gasteiger partial charge >= 0.3 is 5.97 Å². The quantitative estimate of drug-likeness (QED) is 0.766. The van der Waals surface area contributed by atoms with Crippen LogP contribution in [0.2, 0.25) is 0 Å². The molecule has 98 valence electrons. The average Bonchev–Trinajstić information content (AvgIpc) is 2.34. The van der Waals surface area contributed by atoms with E-state index in [2.05, 4.69) is 0 Å². The van der Waals surface area contributed by atoms with Crippen LogP contribution in [0, 0.1) is 0 Å². The molecule has 2 N–H and O–H groups in total. The summed E-state index contributed by atoms with van der Waals surface area (Å²) in [7, 11) is 2.75. The molecule has 0 fully saturated rings. The molecule has 0 aliphatic carbocycles. The summed E-state index contributed by atoms with van der Waals surface area (Å²) in [5.74, 6) is -0.797. The highest BCUT2D eigenvalue weighted by molar-refractivity contribution is 5.97. The van der Waals surface area contributed by atoms with Crippen molar-refractivity contribution in [1.82, 2.24) is 0 Å². The summed E-state index contributed by atoms with van der Waals surface area (Å²) >= 11 is 0. The Morgan fingerprint density at radius 1 is 1.33 bits per heavy atom. The lowest BCUT2D eigenvalue weighted by molar-refractivity contribution is -0.0218. The molecule has 0 saturated heterocycles. The van der Waals surface area contributed by atoms with Crippen molar-refractivity contribution >= 4 is 5.97 Å². The minimum absolute atomic E-state index is 0.0370. The number of carbonyl (C=O) groups excluding carboxylic acids is 1. The normalized spacial score (nSPS) is 22.1. The van der Waals surface area contributed by atoms with Crippen molar-refractivity contribution in [1.29, 1.82) is 0 Å². The summed E-state index contributed by atoms with van der Waals surface area (Å²) < 4.78 is 15.0. The van der Waals surface area contributed by atoms with Crippen molar-refractivity contribution in [3.05, 3.63) is 17.2 Å². The number of ether oxygens (including phenoxy) is 3. The van der Waals surface area contributed by atoms with Crippen LogP contribution in [-0.2, 0) is 4.74 Å². The smallest absolute Gasteiger partial charge is 0.342 e. The fourth-order valence-corrected chi connectivity index (χ4v) is 1.99. The molecule has 1 aromatic carbocycles. The lowest BCUT2D eigenvalue weighted by atomic mass is 9.94. The van der Waals surface area contributed by atoms with E-state index in [0.717, 1.165) is 0 Å². The molecule has 18 heavy (non-hydrogen) atoms. The summed E-state index contributed by atoms with van der Waals surface area (Å²) in [5, 5.41) is 20.0. The first-order chi connectivity index (χ1) is 8.51. The van der Waals surface area contributed by atoms with Gasteiger partial charge in [-0.2, -0.15) is 0 Å². The number of benzene rings is 1. The maximum Gasteiger partial charge on any atom is 0.342 e. The molecule has 0 radical (unpaired) electrons. The van der Waals surface area contributed by atoms with Crippen molar-refractivity contribution in [3.8, 4) is 17.2 Å². The molecule has 0 unspecified atom stereocenters. The van der Waals surface area contributed by atoms with Crippen molar-refractivity contribution in [2.45, 2.75) is 19.1 Å². The Balaban J connectivity index is 2.71. The van der Waals surface area contributed by atoms with Crippen molar-refractivity contribution < 1.29 is 29.2 Å². The van der Waals surface area contributed by atoms with Gasteiger partial charge in [-0.25, -0.2) is 4.79 Å². The van der Waals surface area contributed by atoms with E-state index in [1.165, 1.54) is 20.3 Å². The van der Waals surface area contributed by atoms with Gasteiger partial charge in [0.25, 0.3) is 0 Å². The Labute approximate surface area is 104 Å². The molecule has 1 aromatic rings. The van der Waals surface area contributed by atoms with Crippen LogP contribution < -0.4 is 9.47 Å². The molecule has 0 bridgehead atoms. The molecule has 0 spiro atoms. The third-order valence-electron chi connectivity index (χ3n) is 2.94. The second-order valence-corrected chi connectivity index (χ2v) is 3.98. The standard InChI is InChI=1S/C12H14O6/c1-5-9(13)6-4-7(16-2)11(17-3)10(14)8(6)12(15)18-5/h4-5,9,13-14H,1-3H3/t5-,9+/m0/s1. The minimum atomic E-state index is -1.01. The van der Waals surface area contributed by atoms with Crippen molar-refractivity contribution in [2.24, 2.45) is 0 Å². The van der Waals surface area contributed by atoms with Crippen LogP contribution in [0.25, 0.3) is 0 Å². The van der Waals surface area contributed by atoms with E-state index in [9.17, 15) is 15.0 Å². The SMILES string of the molecule is COc1cc2c(c(O)c1OC)C(=O)O[C@@H](C)[C@H]2O. The predicted molar refractivity (Wildman–Crippen MR) is 61.0 cm³/mol. The summed E-state index contributed by atoms with van der Waals surface area (Å²) in [6.45, 7) is 1.57. The molecule has 6 nitrogen and oxygen atoms in total. The molecule has 2 rings (SSSR count). The van der Waals surface area contributed by atoms with E-state index < -0.39 is 18.2 Å². The van der Waals surface area contributed by atoms with Crippen LogP contribution >= 0.6 is 0 Å². The number of aliphatic hydroxyl groups is 1. The highest BCUT2D eigenvalue weighted by Crippen LogP contribution is 2.45. The number of carbonyl (C=O) groups is 1. The fourth-order valence-electron chi connectivity index (χ4n) is 1.99. The summed E-state index contributed by atoms with van der Waals surface area (Å²) in [6, 6.07) is 1.47. The van der Waals surface area contributed by atoms with Crippen LogP contribution in [-0.4, -0.2) is 36.5 Å². The Hall–Kier alpha value is -1.95. The molecule has 0 amide bonds. The minimum Gasteiger partial charge on any atom is -0.504 e. The Bertz CT molecular complexity index is 496. The van der Waals surface area contributed by atoms with E-state index in [-0.39, 0.29) is 28.4 Å². The zero-order chi connectivity index (χ0) is 13.4. The molecule has 1 heterocycles. The number of phenols is 1. The number of hydrogen-bond acceptors (Lipinski definition) is 6. The van der Waals surface area contributed by atoms with Gasteiger partial charge in [0.1, 0.15) is 17.8 Å². The van der Waals surface area contributed by atoms with Gasteiger partial charge in [0.05, 0.1) is 14.2 Å². The van der Waals surface area contributed by atoms with Crippen molar-refractivity contribution in [3.63, 3.8) is 0 Å². The second kappa shape index (κ2) is 4.38. The molecule has 1 aliphatic heterocycles. The largest absolute Gasteiger partial charge is 0.504 e. The highest BCUT2D eigenvalue weighted by Gasteiger charge is 2.36. The third kappa shape index (κ3) is 1.65. The molecule has 6 heteroatoms. The fraction of sp³-hybridized carbons (Fsp3) is 0.417. The topological polar surface area (TPSA) is 85.2 Å². The number of aliphatic hydroxyl groups excluding tert-OH is 1. The van der Waals surface area contributed by atoms with Gasteiger partial charge in [-0.15, -0.1) is 0 Å². The van der Waals surface area contributed by atoms with Gasteiger partial charge in [-0.05, 0) is 13.0 Å². The lowest BCUT2D eigenvalue weighted by Gasteiger charge is -2.28. The number of phenolic OH excluding ortho intramolecular Hbond substituents is 1. The molecular weight excluding hydrogens is 240 g/mol. The Kier molecular flexibility index (Phi) is 3.04. The molecule has 0 aromatic heterocycles. The number of cyclic esters (lactones) is 1. The van der Waals surface area contributed by atoms with Gasteiger partial charge in [0, 0.05) is 5.56 Å². The molecule has 0 saturated carbocycles. The molecular formula is C12H14O6. The second-order valence-electron chi connectivity index (χ2n) is 3.98. The van der Waals surface area contributed by atoms with Crippen LogP contribution in [0.1, 0.15) is 28.9 Å². The summed E-state index contributed by atoms with van der Waals surface area (Å²) in [5.41, 5.74) is 0.187. The van der Waals surface area contributed by atoms with Gasteiger partial charge in [0.15, 0.2) is 11.5 Å².